The number of benzene rings is 1. The van der Waals surface area contributed by atoms with Crippen LogP contribution in [-0.2, 0) is 0 Å². The molecule has 0 aliphatic carbocycles. The van der Waals surface area contributed by atoms with Gasteiger partial charge in [-0.15, -0.1) is 0 Å². The number of halogens is 2. The first kappa shape index (κ1) is 13.1. The van der Waals surface area contributed by atoms with E-state index in [1.807, 2.05) is 44.2 Å². The van der Waals surface area contributed by atoms with Gasteiger partial charge in [0.25, 0.3) is 6.43 Å². The quantitative estimate of drug-likeness (QED) is 0.903. The Morgan fingerprint density at radius 1 is 1.25 bits per heavy atom. The maximum Gasteiger partial charge on any atom is 0.260 e. The maximum atomic E-state index is 13.3. The second-order valence-corrected chi connectivity index (χ2v) is 5.36. The smallest absolute Gasteiger partial charge is 0.260 e. The van der Waals surface area contributed by atoms with Crippen molar-refractivity contribution in [1.82, 2.24) is 9.78 Å². The molecule has 2 aromatic rings. The molecule has 0 unspecified atom stereocenters. The van der Waals surface area contributed by atoms with Crippen molar-refractivity contribution in [2.75, 3.05) is 5.32 Å². The molecule has 0 saturated heterocycles. The van der Waals surface area contributed by atoms with Crippen molar-refractivity contribution in [2.24, 2.45) is 0 Å². The molecular formula is C15H17F2N3. The van der Waals surface area contributed by atoms with E-state index < -0.39 is 12.5 Å². The van der Waals surface area contributed by atoms with Gasteiger partial charge in [-0.2, -0.15) is 5.10 Å². The van der Waals surface area contributed by atoms with Crippen LogP contribution in [0.1, 0.15) is 35.3 Å². The van der Waals surface area contributed by atoms with E-state index in [1.165, 1.54) is 4.68 Å². The van der Waals surface area contributed by atoms with Gasteiger partial charge in [0.15, 0.2) is 0 Å². The fourth-order valence-corrected chi connectivity index (χ4v) is 2.68. The summed E-state index contributed by atoms with van der Waals surface area (Å²) in [5.41, 5.74) is 2.95. The molecule has 1 aromatic carbocycles. The minimum absolute atomic E-state index is 0.0989. The van der Waals surface area contributed by atoms with Crippen molar-refractivity contribution < 1.29 is 8.78 Å². The minimum Gasteiger partial charge on any atom is -0.363 e. The van der Waals surface area contributed by atoms with E-state index in [9.17, 15) is 8.78 Å². The number of alkyl halides is 2. The van der Waals surface area contributed by atoms with Crippen LogP contribution < -0.4 is 5.32 Å². The molecule has 0 radical (unpaired) electrons. The Labute approximate surface area is 116 Å². The summed E-state index contributed by atoms with van der Waals surface area (Å²) in [5.74, 6) is 0.671. The first-order chi connectivity index (χ1) is 9.54. The van der Waals surface area contributed by atoms with Gasteiger partial charge in [-0.3, -0.25) is 0 Å². The Morgan fingerprint density at radius 2 is 1.95 bits per heavy atom. The summed E-state index contributed by atoms with van der Waals surface area (Å²) in [7, 11) is 0. The molecule has 1 aromatic heterocycles. The van der Waals surface area contributed by atoms with Crippen LogP contribution in [0.15, 0.2) is 30.3 Å². The third-order valence-corrected chi connectivity index (χ3v) is 3.74. The third kappa shape index (κ3) is 2.28. The summed E-state index contributed by atoms with van der Waals surface area (Å²) in [6, 6.07) is 8.85. The monoisotopic (exact) mass is 277 g/mol. The second-order valence-electron chi connectivity index (χ2n) is 5.36. The zero-order chi connectivity index (χ0) is 14.3. The van der Waals surface area contributed by atoms with Crippen molar-refractivity contribution in [3.05, 3.63) is 47.2 Å². The van der Waals surface area contributed by atoms with Crippen molar-refractivity contribution in [3.8, 4) is 0 Å². The van der Waals surface area contributed by atoms with Gasteiger partial charge in [0.05, 0.1) is 11.7 Å². The van der Waals surface area contributed by atoms with E-state index >= 15 is 0 Å². The normalized spacial score (nSPS) is 21.6. The summed E-state index contributed by atoms with van der Waals surface area (Å²) in [6.45, 7) is 3.83. The van der Waals surface area contributed by atoms with Crippen LogP contribution in [0.3, 0.4) is 0 Å². The highest BCUT2D eigenvalue weighted by molar-refractivity contribution is 5.43. The van der Waals surface area contributed by atoms with Gasteiger partial charge in [0.1, 0.15) is 11.9 Å². The topological polar surface area (TPSA) is 29.9 Å². The number of nitrogens with zero attached hydrogens (tertiary/aromatic N) is 2. The number of hydrogen-bond acceptors (Lipinski definition) is 2. The van der Waals surface area contributed by atoms with Crippen LogP contribution in [-0.4, -0.2) is 16.2 Å². The van der Waals surface area contributed by atoms with Gasteiger partial charge in [-0.1, -0.05) is 29.8 Å². The summed E-state index contributed by atoms with van der Waals surface area (Å²) in [4.78, 5) is 0. The lowest BCUT2D eigenvalue weighted by molar-refractivity contribution is 0.0657. The molecule has 106 valence electrons. The van der Waals surface area contributed by atoms with Crippen LogP contribution in [0.4, 0.5) is 14.6 Å². The largest absolute Gasteiger partial charge is 0.363 e. The fraction of sp³-hybridized carbons (Fsp3) is 0.400. The van der Waals surface area contributed by atoms with Gasteiger partial charge in [0, 0.05) is 6.07 Å². The van der Waals surface area contributed by atoms with Gasteiger partial charge in [-0.05, 0) is 25.8 Å². The molecule has 0 amide bonds. The average molecular weight is 277 g/mol. The SMILES string of the molecule is Cc1ccc([C@@H]2C[C@@H](C(F)F)n3nc(C)cc3N2)cc1. The Kier molecular flexibility index (Phi) is 3.20. The molecule has 1 aliphatic rings. The zero-order valence-corrected chi connectivity index (χ0v) is 11.5. The molecular weight excluding hydrogens is 260 g/mol. The Balaban J connectivity index is 1.95. The predicted molar refractivity (Wildman–Crippen MR) is 74.2 cm³/mol. The number of rotatable bonds is 2. The highest BCUT2D eigenvalue weighted by Crippen LogP contribution is 2.38. The number of anilines is 1. The van der Waals surface area contributed by atoms with Crippen molar-refractivity contribution in [2.45, 2.75) is 38.8 Å². The van der Waals surface area contributed by atoms with Gasteiger partial charge in [0.2, 0.25) is 0 Å². The number of hydrogen-bond donors (Lipinski definition) is 1. The number of aromatic nitrogens is 2. The van der Waals surface area contributed by atoms with E-state index in [0.29, 0.717) is 12.2 Å². The second kappa shape index (κ2) is 4.89. The Morgan fingerprint density at radius 3 is 2.60 bits per heavy atom. The lowest BCUT2D eigenvalue weighted by Gasteiger charge is -2.32. The summed E-state index contributed by atoms with van der Waals surface area (Å²) in [6.07, 6.45) is -2.07. The summed E-state index contributed by atoms with van der Waals surface area (Å²) >= 11 is 0. The molecule has 0 fully saturated rings. The van der Waals surface area contributed by atoms with Crippen molar-refractivity contribution >= 4 is 5.82 Å². The minimum atomic E-state index is -2.41. The van der Waals surface area contributed by atoms with Gasteiger partial charge >= 0.3 is 0 Å². The van der Waals surface area contributed by atoms with Crippen LogP contribution in [0.5, 0.6) is 0 Å². The molecule has 20 heavy (non-hydrogen) atoms. The highest BCUT2D eigenvalue weighted by atomic mass is 19.3. The van der Waals surface area contributed by atoms with Crippen LogP contribution in [0, 0.1) is 13.8 Å². The van der Waals surface area contributed by atoms with E-state index in [4.69, 9.17) is 0 Å². The predicted octanol–water partition coefficient (Wildman–Crippen LogP) is 3.86. The molecule has 1 N–H and O–H groups in total. The average Bonchev–Trinajstić information content (AvgIpc) is 2.78. The van der Waals surface area contributed by atoms with Crippen molar-refractivity contribution in [1.29, 1.82) is 0 Å². The van der Waals surface area contributed by atoms with Gasteiger partial charge < -0.3 is 5.32 Å². The molecule has 0 saturated carbocycles. The summed E-state index contributed by atoms with van der Waals surface area (Å²) < 4.78 is 28.0. The molecule has 0 bridgehead atoms. The lowest BCUT2D eigenvalue weighted by Crippen LogP contribution is -2.30. The van der Waals surface area contributed by atoms with Crippen LogP contribution >= 0.6 is 0 Å². The maximum absolute atomic E-state index is 13.3. The van der Waals surface area contributed by atoms with E-state index in [2.05, 4.69) is 10.4 Å². The molecule has 3 rings (SSSR count). The number of nitrogens with one attached hydrogen (secondary N) is 1. The first-order valence-electron chi connectivity index (χ1n) is 6.72. The number of fused-ring (bicyclic) bond motifs is 1. The van der Waals surface area contributed by atoms with Crippen molar-refractivity contribution in [3.63, 3.8) is 0 Å². The zero-order valence-electron chi connectivity index (χ0n) is 11.5. The summed E-state index contributed by atoms with van der Waals surface area (Å²) in [5, 5.41) is 7.48. The van der Waals surface area contributed by atoms with Gasteiger partial charge in [-0.25, -0.2) is 13.5 Å². The number of aryl methyl sites for hydroxylation is 2. The van der Waals surface area contributed by atoms with E-state index in [0.717, 1.165) is 16.8 Å². The molecule has 2 atom stereocenters. The highest BCUT2D eigenvalue weighted by Gasteiger charge is 2.34. The first-order valence-corrected chi connectivity index (χ1v) is 6.72. The fourth-order valence-electron chi connectivity index (χ4n) is 2.68. The Bertz CT molecular complexity index is 604. The van der Waals surface area contributed by atoms with Crippen LogP contribution in [0.2, 0.25) is 0 Å². The molecule has 3 nitrogen and oxygen atoms in total. The molecule has 5 heteroatoms. The van der Waals surface area contributed by atoms with E-state index in [1.54, 1.807) is 0 Å². The molecule has 2 heterocycles. The molecule has 0 spiro atoms. The standard InChI is InChI=1S/C15H17F2N3/c1-9-3-5-11(6-4-9)12-8-13(15(16)17)20-14(18-12)7-10(2)19-20/h3-7,12-13,15,18H,8H2,1-2H3/t12-,13-/m0/s1. The lowest BCUT2D eigenvalue weighted by atomic mass is 9.97. The third-order valence-electron chi connectivity index (χ3n) is 3.74. The molecule has 1 aliphatic heterocycles. The van der Waals surface area contributed by atoms with E-state index in [-0.39, 0.29) is 6.04 Å². The van der Waals surface area contributed by atoms with Crippen LogP contribution in [0.25, 0.3) is 0 Å². The Hall–Kier alpha value is -1.91.